The van der Waals surface area contributed by atoms with Crippen LogP contribution in [0.2, 0.25) is 0 Å². The Bertz CT molecular complexity index is 1190. The number of hydrogen-bond acceptors (Lipinski definition) is 8. The predicted molar refractivity (Wildman–Crippen MR) is 120 cm³/mol. The third-order valence-electron chi connectivity index (χ3n) is 3.94. The summed E-state index contributed by atoms with van der Waals surface area (Å²) in [6.45, 7) is -0.577. The molecule has 162 valence electrons. The smallest absolute Gasteiger partial charge is 0.342 e. The van der Waals surface area contributed by atoms with E-state index in [1.165, 1.54) is 23.9 Å². The van der Waals surface area contributed by atoms with E-state index in [-0.39, 0.29) is 15.5 Å². The fraction of sp³-hybridized carbons (Fsp3) is 0.100. The molecule has 8 nitrogen and oxygen atoms in total. The lowest BCUT2D eigenvalue weighted by molar-refractivity contribution is -0.119. The number of para-hydroxylation sites is 1. The number of esters is 1. The first-order chi connectivity index (χ1) is 14.8. The molecule has 0 aliphatic rings. The molecule has 0 saturated carbocycles. The van der Waals surface area contributed by atoms with Gasteiger partial charge < -0.3 is 15.2 Å². The number of amides is 1. The topological polar surface area (TPSA) is 122 Å². The highest BCUT2D eigenvalue weighted by Gasteiger charge is 2.19. The molecule has 0 spiro atoms. The van der Waals surface area contributed by atoms with Gasteiger partial charge in [0.2, 0.25) is 0 Å². The van der Waals surface area contributed by atoms with Crippen molar-refractivity contribution >= 4 is 56.4 Å². The fourth-order valence-electron chi connectivity index (χ4n) is 2.53. The second-order valence-corrected chi connectivity index (χ2v) is 9.80. The van der Waals surface area contributed by atoms with Gasteiger partial charge in [0.15, 0.2) is 6.61 Å². The SMILES string of the molecule is CSc1ccccc1NC(=O)COC(=O)c1cc(NS(=O)(=O)c2cccs2)ccc1O. The van der Waals surface area contributed by atoms with Crippen LogP contribution in [0.1, 0.15) is 10.4 Å². The number of phenols is 1. The molecule has 0 aliphatic carbocycles. The fourth-order valence-corrected chi connectivity index (χ4v) is 5.12. The summed E-state index contributed by atoms with van der Waals surface area (Å²) in [7, 11) is -3.82. The second-order valence-electron chi connectivity index (χ2n) is 6.09. The highest BCUT2D eigenvalue weighted by atomic mass is 32.2. The number of carbonyl (C=O) groups excluding carboxylic acids is 2. The molecule has 3 N–H and O–H groups in total. The highest BCUT2D eigenvalue weighted by molar-refractivity contribution is 7.98. The van der Waals surface area contributed by atoms with Crippen LogP contribution in [-0.4, -0.2) is 38.3 Å². The Morgan fingerprint density at radius 2 is 1.90 bits per heavy atom. The van der Waals surface area contributed by atoms with Crippen molar-refractivity contribution in [1.29, 1.82) is 0 Å². The number of phenolic OH excluding ortho intramolecular Hbond substituents is 1. The van der Waals surface area contributed by atoms with Crippen LogP contribution in [0, 0.1) is 0 Å². The monoisotopic (exact) mass is 478 g/mol. The Morgan fingerprint density at radius 1 is 1.13 bits per heavy atom. The number of benzene rings is 2. The van der Waals surface area contributed by atoms with Gasteiger partial charge in [-0.3, -0.25) is 9.52 Å². The first-order valence-corrected chi connectivity index (χ1v) is 12.4. The van der Waals surface area contributed by atoms with Crippen LogP contribution in [0.15, 0.2) is 69.1 Å². The third-order valence-corrected chi connectivity index (χ3v) is 7.52. The van der Waals surface area contributed by atoms with E-state index in [9.17, 15) is 23.1 Å². The summed E-state index contributed by atoms with van der Waals surface area (Å²) in [4.78, 5) is 25.3. The first-order valence-electron chi connectivity index (χ1n) is 8.79. The minimum Gasteiger partial charge on any atom is -0.507 e. The van der Waals surface area contributed by atoms with Gasteiger partial charge in [0.05, 0.1) is 5.69 Å². The Labute approximate surface area is 187 Å². The van der Waals surface area contributed by atoms with Gasteiger partial charge >= 0.3 is 5.97 Å². The number of thiophene rings is 1. The van der Waals surface area contributed by atoms with E-state index in [1.807, 2.05) is 18.4 Å². The predicted octanol–water partition coefficient (Wildman–Crippen LogP) is 3.77. The van der Waals surface area contributed by atoms with Gasteiger partial charge in [-0.15, -0.1) is 23.1 Å². The molecular formula is C20H18N2O6S3. The summed E-state index contributed by atoms with van der Waals surface area (Å²) in [6, 6.07) is 13.8. The molecule has 0 saturated heterocycles. The number of anilines is 2. The van der Waals surface area contributed by atoms with Crippen molar-refractivity contribution in [1.82, 2.24) is 0 Å². The Morgan fingerprint density at radius 3 is 2.61 bits per heavy atom. The van der Waals surface area contributed by atoms with Gasteiger partial charge in [-0.1, -0.05) is 18.2 Å². The van der Waals surface area contributed by atoms with E-state index < -0.39 is 34.3 Å². The molecule has 0 radical (unpaired) electrons. The van der Waals surface area contributed by atoms with Crippen LogP contribution < -0.4 is 10.0 Å². The van der Waals surface area contributed by atoms with E-state index in [1.54, 1.807) is 23.6 Å². The Balaban J connectivity index is 1.66. The maximum absolute atomic E-state index is 12.4. The minimum atomic E-state index is -3.82. The summed E-state index contributed by atoms with van der Waals surface area (Å²) < 4.78 is 32.1. The van der Waals surface area contributed by atoms with Crippen LogP contribution in [0.25, 0.3) is 0 Å². The average molecular weight is 479 g/mol. The molecule has 0 fully saturated rings. The largest absolute Gasteiger partial charge is 0.507 e. The zero-order valence-corrected chi connectivity index (χ0v) is 18.6. The lowest BCUT2D eigenvalue weighted by Crippen LogP contribution is -2.21. The summed E-state index contributed by atoms with van der Waals surface area (Å²) in [6.07, 6.45) is 1.87. The average Bonchev–Trinajstić information content (AvgIpc) is 3.30. The molecule has 0 unspecified atom stereocenters. The van der Waals surface area contributed by atoms with E-state index in [2.05, 4.69) is 10.0 Å². The maximum Gasteiger partial charge on any atom is 0.342 e. The van der Waals surface area contributed by atoms with Crippen molar-refractivity contribution < 1.29 is 27.9 Å². The number of thioether (sulfide) groups is 1. The van der Waals surface area contributed by atoms with Crippen LogP contribution in [-0.2, 0) is 19.6 Å². The van der Waals surface area contributed by atoms with Crippen LogP contribution in [0.5, 0.6) is 5.75 Å². The van der Waals surface area contributed by atoms with Gasteiger partial charge in [0, 0.05) is 10.6 Å². The first kappa shape index (κ1) is 22.7. The lowest BCUT2D eigenvalue weighted by Gasteiger charge is -2.11. The van der Waals surface area contributed by atoms with E-state index in [4.69, 9.17) is 4.74 Å². The molecule has 31 heavy (non-hydrogen) atoms. The summed E-state index contributed by atoms with van der Waals surface area (Å²) in [5.74, 6) is -1.93. The summed E-state index contributed by atoms with van der Waals surface area (Å²) in [5.41, 5.74) is 0.379. The lowest BCUT2D eigenvalue weighted by atomic mass is 10.2. The van der Waals surface area contributed by atoms with Gasteiger partial charge in [-0.25, -0.2) is 13.2 Å². The molecule has 1 aromatic heterocycles. The number of sulfonamides is 1. The number of aromatic hydroxyl groups is 1. The molecule has 11 heteroatoms. The number of rotatable bonds is 8. The van der Waals surface area contributed by atoms with Gasteiger partial charge in [-0.05, 0) is 48.0 Å². The zero-order chi connectivity index (χ0) is 22.4. The van der Waals surface area contributed by atoms with Crippen molar-refractivity contribution in [2.24, 2.45) is 0 Å². The van der Waals surface area contributed by atoms with Crippen molar-refractivity contribution in [2.45, 2.75) is 9.10 Å². The number of ether oxygens (including phenoxy) is 1. The number of hydrogen-bond donors (Lipinski definition) is 3. The summed E-state index contributed by atoms with van der Waals surface area (Å²) in [5, 5.41) is 14.2. The van der Waals surface area contributed by atoms with Crippen LogP contribution >= 0.6 is 23.1 Å². The molecule has 1 amide bonds. The zero-order valence-electron chi connectivity index (χ0n) is 16.2. The van der Waals surface area contributed by atoms with Crippen molar-refractivity contribution in [3.63, 3.8) is 0 Å². The van der Waals surface area contributed by atoms with E-state index >= 15 is 0 Å². The van der Waals surface area contributed by atoms with Gasteiger partial charge in [0.25, 0.3) is 15.9 Å². The normalized spacial score (nSPS) is 11.0. The molecule has 0 aliphatic heterocycles. The van der Waals surface area contributed by atoms with Crippen LogP contribution in [0.3, 0.4) is 0 Å². The molecule has 3 rings (SSSR count). The Hall–Kier alpha value is -3.02. The molecule has 0 atom stereocenters. The van der Waals surface area contributed by atoms with Crippen LogP contribution in [0.4, 0.5) is 11.4 Å². The van der Waals surface area contributed by atoms with Gasteiger partial charge in [0.1, 0.15) is 15.5 Å². The van der Waals surface area contributed by atoms with Crippen molar-refractivity contribution in [2.75, 3.05) is 22.9 Å². The quantitative estimate of drug-likeness (QED) is 0.256. The third kappa shape index (κ3) is 5.78. The second kappa shape index (κ2) is 9.86. The molecular weight excluding hydrogens is 460 g/mol. The molecule has 2 aromatic carbocycles. The molecule has 3 aromatic rings. The Kier molecular flexibility index (Phi) is 7.21. The maximum atomic E-state index is 12.4. The van der Waals surface area contributed by atoms with E-state index in [0.29, 0.717) is 5.69 Å². The van der Waals surface area contributed by atoms with Gasteiger partial charge in [-0.2, -0.15) is 0 Å². The van der Waals surface area contributed by atoms with Crippen molar-refractivity contribution in [3.05, 3.63) is 65.5 Å². The standard InChI is InChI=1S/C20H18N2O6S3/c1-29-17-6-3-2-5-15(17)21-18(24)12-28-20(25)14-11-13(8-9-16(14)23)22-31(26,27)19-7-4-10-30-19/h2-11,22-23H,12H2,1H3,(H,21,24). The van der Waals surface area contributed by atoms with Crippen molar-refractivity contribution in [3.8, 4) is 5.75 Å². The summed E-state index contributed by atoms with van der Waals surface area (Å²) >= 11 is 2.49. The minimum absolute atomic E-state index is 0.0662. The van der Waals surface area contributed by atoms with E-state index in [0.717, 1.165) is 28.4 Å². The number of carbonyl (C=O) groups is 2. The molecule has 1 heterocycles. The highest BCUT2D eigenvalue weighted by Crippen LogP contribution is 2.26. The number of nitrogens with one attached hydrogen (secondary N) is 2. The molecule has 0 bridgehead atoms.